The topological polar surface area (TPSA) is 71.2 Å². The third kappa shape index (κ3) is 4.30. The van der Waals surface area contributed by atoms with E-state index in [-0.39, 0.29) is 0 Å². The van der Waals surface area contributed by atoms with Crippen LogP contribution in [0.4, 0.5) is 0 Å². The minimum absolute atomic E-state index is 0.503. The summed E-state index contributed by atoms with van der Waals surface area (Å²) in [5.41, 5.74) is 1.75. The van der Waals surface area contributed by atoms with Crippen molar-refractivity contribution < 1.29 is 4.84 Å². The van der Waals surface area contributed by atoms with Gasteiger partial charge in [-0.1, -0.05) is 19.0 Å². The van der Waals surface area contributed by atoms with Crippen LogP contribution in [0.3, 0.4) is 0 Å². The Morgan fingerprint density at radius 1 is 1.47 bits per heavy atom. The summed E-state index contributed by atoms with van der Waals surface area (Å²) in [7, 11) is 1.47. The van der Waals surface area contributed by atoms with E-state index in [1.165, 1.54) is 13.3 Å². The molecule has 82 valence electrons. The maximum atomic E-state index is 6.98. The summed E-state index contributed by atoms with van der Waals surface area (Å²) >= 11 is 0. The van der Waals surface area contributed by atoms with Gasteiger partial charge >= 0.3 is 0 Å². The summed E-state index contributed by atoms with van der Waals surface area (Å²) in [6.07, 6.45) is 4.22. The first-order valence-corrected chi connectivity index (χ1v) is 4.68. The molecule has 5 nitrogen and oxygen atoms in total. The van der Waals surface area contributed by atoms with E-state index in [2.05, 4.69) is 20.0 Å². The van der Waals surface area contributed by atoms with Crippen molar-refractivity contribution in [2.45, 2.75) is 20.8 Å². The van der Waals surface area contributed by atoms with E-state index in [0.717, 1.165) is 6.21 Å². The van der Waals surface area contributed by atoms with Gasteiger partial charge in [0.1, 0.15) is 18.5 Å². The Bertz CT molecular complexity index is 336. The van der Waals surface area contributed by atoms with Gasteiger partial charge in [0.15, 0.2) is 0 Å². The molecule has 0 fully saturated rings. The smallest absolute Gasteiger partial charge is 0.107 e. The zero-order valence-corrected chi connectivity index (χ0v) is 9.48. The van der Waals surface area contributed by atoms with Crippen LogP contribution in [-0.2, 0) is 4.84 Å². The molecule has 0 unspecified atom stereocenters. The van der Waals surface area contributed by atoms with Gasteiger partial charge in [-0.3, -0.25) is 4.98 Å². The summed E-state index contributed by atoms with van der Waals surface area (Å²) in [5, 5.41) is 10.7. The quantitative estimate of drug-likeness (QED) is 0.608. The highest BCUT2D eigenvalue weighted by Gasteiger charge is 2.00. The normalized spacial score (nSPS) is 10.0. The van der Waals surface area contributed by atoms with E-state index in [1.807, 2.05) is 13.8 Å². The van der Waals surface area contributed by atoms with E-state index in [0.29, 0.717) is 17.1 Å². The van der Waals surface area contributed by atoms with E-state index in [1.54, 1.807) is 13.1 Å². The fraction of sp³-hybridized carbons (Fsp3) is 0.400. The Morgan fingerprint density at radius 3 is 2.67 bits per heavy atom. The van der Waals surface area contributed by atoms with Crippen molar-refractivity contribution in [3.63, 3.8) is 0 Å². The lowest BCUT2D eigenvalue weighted by Gasteiger charge is -1.98. The number of hydrogen-bond acceptors (Lipinski definition) is 5. The molecule has 0 aliphatic carbocycles. The molecule has 1 rings (SSSR count). The average Bonchev–Trinajstić information content (AvgIpc) is 2.32. The molecular formula is C10H16N4O. The van der Waals surface area contributed by atoms with Gasteiger partial charge in [0, 0.05) is 6.21 Å². The average molecular weight is 208 g/mol. The molecule has 0 atom stereocenters. The number of nitrogens with one attached hydrogen (secondary N) is 1. The van der Waals surface area contributed by atoms with Gasteiger partial charge in [-0.25, -0.2) is 4.98 Å². The predicted molar refractivity (Wildman–Crippen MR) is 60.5 cm³/mol. The molecule has 1 aromatic heterocycles. The Balaban J connectivity index is 0.000000921. The minimum atomic E-state index is 0.503. The highest BCUT2D eigenvalue weighted by molar-refractivity contribution is 5.96. The Kier molecular flexibility index (Phi) is 6.70. The molecule has 1 N–H and O–H groups in total. The van der Waals surface area contributed by atoms with Crippen molar-refractivity contribution in [1.82, 2.24) is 9.97 Å². The van der Waals surface area contributed by atoms with Crippen LogP contribution >= 0.6 is 0 Å². The molecule has 0 aliphatic rings. The van der Waals surface area contributed by atoms with Gasteiger partial charge in [-0.05, 0) is 6.92 Å². The van der Waals surface area contributed by atoms with Crippen molar-refractivity contribution >= 4 is 11.9 Å². The SMILES string of the molecule is CC.CO/N=C(\C)c1cncc(C=N)n1. The van der Waals surface area contributed by atoms with Crippen LogP contribution in [0.5, 0.6) is 0 Å². The zero-order valence-electron chi connectivity index (χ0n) is 9.48. The van der Waals surface area contributed by atoms with E-state index in [9.17, 15) is 0 Å². The Hall–Kier alpha value is -1.78. The van der Waals surface area contributed by atoms with Crippen molar-refractivity contribution in [3.05, 3.63) is 23.8 Å². The summed E-state index contributed by atoms with van der Waals surface area (Å²) in [5.74, 6) is 0. The molecular weight excluding hydrogens is 192 g/mol. The number of nitrogens with zero attached hydrogens (tertiary/aromatic N) is 3. The van der Waals surface area contributed by atoms with Crippen molar-refractivity contribution in [3.8, 4) is 0 Å². The largest absolute Gasteiger partial charge is 0.399 e. The second-order valence-corrected chi connectivity index (χ2v) is 2.33. The summed E-state index contributed by atoms with van der Waals surface area (Å²) in [6, 6.07) is 0. The van der Waals surface area contributed by atoms with Crippen LogP contribution in [0.1, 0.15) is 32.2 Å². The van der Waals surface area contributed by atoms with E-state index in [4.69, 9.17) is 5.41 Å². The Morgan fingerprint density at radius 2 is 2.13 bits per heavy atom. The van der Waals surface area contributed by atoms with Gasteiger partial charge < -0.3 is 10.2 Å². The van der Waals surface area contributed by atoms with E-state index < -0.39 is 0 Å². The van der Waals surface area contributed by atoms with Crippen molar-refractivity contribution in [2.24, 2.45) is 5.16 Å². The zero-order chi connectivity index (χ0) is 11.7. The lowest BCUT2D eigenvalue weighted by molar-refractivity contribution is 0.213. The molecule has 0 bridgehead atoms. The van der Waals surface area contributed by atoms with Crippen LogP contribution in [0, 0.1) is 5.41 Å². The summed E-state index contributed by atoms with van der Waals surface area (Å²) in [6.45, 7) is 5.77. The predicted octanol–water partition coefficient (Wildman–Crippen LogP) is 1.87. The molecule has 0 aromatic carbocycles. The molecule has 0 spiro atoms. The molecule has 0 aliphatic heterocycles. The van der Waals surface area contributed by atoms with Gasteiger partial charge in [0.25, 0.3) is 0 Å². The fourth-order valence-electron chi connectivity index (χ4n) is 0.809. The molecule has 0 amide bonds. The molecule has 0 saturated carbocycles. The molecule has 5 heteroatoms. The van der Waals surface area contributed by atoms with Gasteiger partial charge in [0.2, 0.25) is 0 Å². The lowest BCUT2D eigenvalue weighted by Crippen LogP contribution is -2.02. The number of rotatable bonds is 3. The maximum Gasteiger partial charge on any atom is 0.107 e. The van der Waals surface area contributed by atoms with Crippen molar-refractivity contribution in [1.29, 1.82) is 5.41 Å². The molecule has 1 aromatic rings. The monoisotopic (exact) mass is 208 g/mol. The fourth-order valence-corrected chi connectivity index (χ4v) is 0.809. The molecule has 1 heterocycles. The molecule has 0 saturated heterocycles. The Labute approximate surface area is 89.7 Å². The number of aromatic nitrogens is 2. The van der Waals surface area contributed by atoms with Crippen LogP contribution in [0.2, 0.25) is 0 Å². The second kappa shape index (κ2) is 7.61. The van der Waals surface area contributed by atoms with Crippen LogP contribution in [0.25, 0.3) is 0 Å². The number of oxime groups is 1. The third-order valence-electron chi connectivity index (χ3n) is 1.40. The van der Waals surface area contributed by atoms with Crippen LogP contribution < -0.4 is 0 Å². The van der Waals surface area contributed by atoms with Crippen LogP contribution in [-0.4, -0.2) is 29.0 Å². The lowest BCUT2D eigenvalue weighted by atomic mass is 10.3. The van der Waals surface area contributed by atoms with Crippen molar-refractivity contribution in [2.75, 3.05) is 7.11 Å². The first kappa shape index (κ1) is 13.2. The van der Waals surface area contributed by atoms with Crippen LogP contribution in [0.15, 0.2) is 17.5 Å². The standard InChI is InChI=1S/C8H10N4O.C2H6/c1-6(12-13-2)8-5-10-4-7(3-9)11-8;1-2/h3-5,9H,1-2H3;1-2H3/b9-3?,12-6+;. The second-order valence-electron chi connectivity index (χ2n) is 2.33. The summed E-state index contributed by atoms with van der Waals surface area (Å²) in [4.78, 5) is 12.6. The van der Waals surface area contributed by atoms with Gasteiger partial charge in [-0.2, -0.15) is 0 Å². The maximum absolute atomic E-state index is 6.98. The number of hydrogen-bond donors (Lipinski definition) is 1. The minimum Gasteiger partial charge on any atom is -0.399 e. The first-order chi connectivity index (χ1) is 7.27. The third-order valence-corrected chi connectivity index (χ3v) is 1.40. The molecule has 0 radical (unpaired) electrons. The van der Waals surface area contributed by atoms with E-state index >= 15 is 0 Å². The first-order valence-electron chi connectivity index (χ1n) is 4.68. The highest BCUT2D eigenvalue weighted by atomic mass is 16.6. The van der Waals surface area contributed by atoms with Gasteiger partial charge in [-0.15, -0.1) is 0 Å². The summed E-state index contributed by atoms with van der Waals surface area (Å²) < 4.78 is 0. The highest BCUT2D eigenvalue weighted by Crippen LogP contribution is 1.96. The molecule has 15 heavy (non-hydrogen) atoms. The van der Waals surface area contributed by atoms with Gasteiger partial charge in [0.05, 0.1) is 18.1 Å².